The van der Waals surface area contributed by atoms with E-state index in [-0.39, 0.29) is 11.8 Å². The third-order valence-electron chi connectivity index (χ3n) is 6.03. The molecule has 1 amide bonds. The van der Waals surface area contributed by atoms with Crippen molar-refractivity contribution in [2.75, 3.05) is 44.2 Å². The third kappa shape index (κ3) is 6.02. The fourth-order valence-electron chi connectivity index (χ4n) is 3.94. The highest BCUT2D eigenvalue weighted by atomic mass is 16.1. The Morgan fingerprint density at radius 2 is 1.77 bits per heavy atom. The maximum absolute atomic E-state index is 12.5. The van der Waals surface area contributed by atoms with Crippen LogP contribution in [0.25, 0.3) is 11.3 Å². The number of hydrogen-bond donors (Lipinski definition) is 1. The summed E-state index contributed by atoms with van der Waals surface area (Å²) in [6, 6.07) is 12.4. The first-order valence-electron chi connectivity index (χ1n) is 11.3. The number of anilines is 1. The Balaban J connectivity index is 1.43. The van der Waals surface area contributed by atoms with Gasteiger partial charge >= 0.3 is 0 Å². The minimum atomic E-state index is 0.106. The first-order chi connectivity index (χ1) is 14.6. The summed E-state index contributed by atoms with van der Waals surface area (Å²) in [5, 5.41) is 12.0. The quantitative estimate of drug-likeness (QED) is 0.642. The van der Waals surface area contributed by atoms with Crippen LogP contribution in [0.15, 0.2) is 36.4 Å². The van der Waals surface area contributed by atoms with E-state index in [0.717, 1.165) is 75.6 Å². The molecule has 1 aliphatic rings. The minimum Gasteiger partial charge on any atom is -0.356 e. The van der Waals surface area contributed by atoms with Gasteiger partial charge in [-0.1, -0.05) is 43.7 Å². The Hall–Kier alpha value is -2.47. The molecule has 1 fully saturated rings. The molecule has 1 N–H and O–H groups in total. The highest BCUT2D eigenvalue weighted by molar-refractivity contribution is 5.78. The number of carbonyl (C=O) groups excluding carboxylic acids is 1. The van der Waals surface area contributed by atoms with Gasteiger partial charge < -0.3 is 15.1 Å². The van der Waals surface area contributed by atoms with Gasteiger partial charge in [0.05, 0.1) is 5.69 Å². The number of nitrogens with one attached hydrogen (secondary N) is 1. The van der Waals surface area contributed by atoms with Crippen LogP contribution in [0.3, 0.4) is 0 Å². The van der Waals surface area contributed by atoms with Crippen molar-refractivity contribution in [2.45, 2.75) is 40.0 Å². The number of carbonyl (C=O) groups is 1. The topological polar surface area (TPSA) is 61.4 Å². The molecule has 3 rings (SSSR count). The summed E-state index contributed by atoms with van der Waals surface area (Å²) in [5.41, 5.74) is 3.20. The highest BCUT2D eigenvalue weighted by Gasteiger charge is 2.25. The molecule has 0 saturated carbocycles. The summed E-state index contributed by atoms with van der Waals surface area (Å²) in [6.45, 7) is 12.1. The molecular weight excluding hydrogens is 374 g/mol. The lowest BCUT2D eigenvalue weighted by molar-refractivity contribution is -0.125. The van der Waals surface area contributed by atoms with Crippen LogP contribution < -0.4 is 10.2 Å². The standard InChI is InChI=1S/C24H35N5O/c1-4-28(5-2)16-6-15-25-24(30)21-13-17-29(18-14-21)23-12-11-22(26-27-23)20-9-7-19(3)8-10-20/h7-12,21H,4-6,13-18H2,1-3H3,(H,25,30). The second-order valence-electron chi connectivity index (χ2n) is 8.08. The predicted octanol–water partition coefficient (Wildman–Crippen LogP) is 3.52. The van der Waals surface area contributed by atoms with Gasteiger partial charge in [-0.2, -0.15) is 0 Å². The van der Waals surface area contributed by atoms with Crippen LogP contribution in [0, 0.1) is 12.8 Å². The van der Waals surface area contributed by atoms with E-state index in [9.17, 15) is 4.79 Å². The van der Waals surface area contributed by atoms with Crippen molar-refractivity contribution in [1.82, 2.24) is 20.4 Å². The first kappa shape index (κ1) is 22.2. The van der Waals surface area contributed by atoms with Crippen LogP contribution in [0.2, 0.25) is 0 Å². The van der Waals surface area contributed by atoms with Gasteiger partial charge in [0.25, 0.3) is 0 Å². The molecule has 1 aliphatic heterocycles. The van der Waals surface area contributed by atoms with E-state index in [1.165, 1.54) is 5.56 Å². The first-order valence-corrected chi connectivity index (χ1v) is 11.3. The fourth-order valence-corrected chi connectivity index (χ4v) is 3.94. The van der Waals surface area contributed by atoms with Crippen LogP contribution in [0.5, 0.6) is 0 Å². The molecule has 0 spiro atoms. The van der Waals surface area contributed by atoms with Gasteiger partial charge in [0, 0.05) is 31.1 Å². The molecule has 1 aromatic heterocycles. The summed E-state index contributed by atoms with van der Waals surface area (Å²) in [7, 11) is 0. The molecule has 6 nitrogen and oxygen atoms in total. The summed E-state index contributed by atoms with van der Waals surface area (Å²) < 4.78 is 0. The van der Waals surface area contributed by atoms with Gasteiger partial charge in [-0.25, -0.2) is 0 Å². The lowest BCUT2D eigenvalue weighted by Gasteiger charge is -2.31. The van der Waals surface area contributed by atoms with E-state index in [2.05, 4.69) is 70.4 Å². The van der Waals surface area contributed by atoms with Crippen LogP contribution in [0.1, 0.15) is 38.7 Å². The Bertz CT molecular complexity index is 778. The Labute approximate surface area is 180 Å². The number of nitrogens with zero attached hydrogens (tertiary/aromatic N) is 4. The lowest BCUT2D eigenvalue weighted by Crippen LogP contribution is -2.41. The SMILES string of the molecule is CCN(CC)CCCNC(=O)C1CCN(c2ccc(-c3ccc(C)cc3)nn2)CC1. The normalized spacial score (nSPS) is 14.9. The molecule has 2 heterocycles. The van der Waals surface area contributed by atoms with Crippen LogP contribution in [-0.4, -0.2) is 60.3 Å². The molecule has 0 bridgehead atoms. The van der Waals surface area contributed by atoms with E-state index in [1.807, 2.05) is 12.1 Å². The van der Waals surface area contributed by atoms with Crippen LogP contribution in [0.4, 0.5) is 5.82 Å². The average molecular weight is 410 g/mol. The molecule has 30 heavy (non-hydrogen) atoms. The summed E-state index contributed by atoms with van der Waals surface area (Å²) in [6.07, 6.45) is 2.74. The molecule has 1 aromatic carbocycles. The zero-order valence-corrected chi connectivity index (χ0v) is 18.6. The molecule has 162 valence electrons. The highest BCUT2D eigenvalue weighted by Crippen LogP contribution is 2.23. The smallest absolute Gasteiger partial charge is 0.223 e. The Kier molecular flexibility index (Phi) is 8.20. The van der Waals surface area contributed by atoms with Gasteiger partial charge in [0.1, 0.15) is 0 Å². The van der Waals surface area contributed by atoms with Crippen molar-refractivity contribution in [2.24, 2.45) is 5.92 Å². The van der Waals surface area contributed by atoms with Crippen LogP contribution >= 0.6 is 0 Å². The number of amides is 1. The average Bonchev–Trinajstić information content (AvgIpc) is 2.80. The molecule has 2 aromatic rings. The molecule has 0 aliphatic carbocycles. The maximum Gasteiger partial charge on any atom is 0.223 e. The van der Waals surface area contributed by atoms with E-state index >= 15 is 0 Å². The van der Waals surface area contributed by atoms with Gasteiger partial charge in [-0.15, -0.1) is 10.2 Å². The van der Waals surface area contributed by atoms with Crippen molar-refractivity contribution < 1.29 is 4.79 Å². The Morgan fingerprint density at radius 3 is 2.37 bits per heavy atom. The van der Waals surface area contributed by atoms with E-state index in [0.29, 0.717) is 0 Å². The number of aryl methyl sites for hydroxylation is 1. The van der Waals surface area contributed by atoms with Crippen molar-refractivity contribution in [3.8, 4) is 11.3 Å². The minimum absolute atomic E-state index is 0.106. The second-order valence-corrected chi connectivity index (χ2v) is 8.08. The monoisotopic (exact) mass is 409 g/mol. The zero-order chi connectivity index (χ0) is 21.3. The van der Waals surface area contributed by atoms with Crippen molar-refractivity contribution >= 4 is 11.7 Å². The van der Waals surface area contributed by atoms with Crippen LogP contribution in [-0.2, 0) is 4.79 Å². The maximum atomic E-state index is 12.5. The van der Waals surface area contributed by atoms with Crippen molar-refractivity contribution in [1.29, 1.82) is 0 Å². The largest absolute Gasteiger partial charge is 0.356 e. The number of aromatic nitrogens is 2. The summed E-state index contributed by atoms with van der Waals surface area (Å²) in [5.74, 6) is 1.20. The lowest BCUT2D eigenvalue weighted by atomic mass is 9.96. The van der Waals surface area contributed by atoms with Crippen molar-refractivity contribution in [3.63, 3.8) is 0 Å². The fraction of sp³-hybridized carbons (Fsp3) is 0.542. The summed E-state index contributed by atoms with van der Waals surface area (Å²) >= 11 is 0. The Morgan fingerprint density at radius 1 is 1.07 bits per heavy atom. The number of hydrogen-bond acceptors (Lipinski definition) is 5. The van der Waals surface area contributed by atoms with E-state index in [1.54, 1.807) is 0 Å². The second kappa shape index (κ2) is 11.1. The predicted molar refractivity (Wildman–Crippen MR) is 123 cm³/mol. The molecule has 6 heteroatoms. The zero-order valence-electron chi connectivity index (χ0n) is 18.6. The van der Waals surface area contributed by atoms with E-state index < -0.39 is 0 Å². The van der Waals surface area contributed by atoms with E-state index in [4.69, 9.17) is 0 Å². The molecular formula is C24H35N5O. The van der Waals surface area contributed by atoms with Crippen molar-refractivity contribution in [3.05, 3.63) is 42.0 Å². The number of rotatable bonds is 9. The molecule has 0 unspecified atom stereocenters. The number of piperidine rings is 1. The van der Waals surface area contributed by atoms with Gasteiger partial charge in [-0.05, 0) is 58.0 Å². The van der Waals surface area contributed by atoms with Gasteiger partial charge in [-0.3, -0.25) is 4.79 Å². The molecule has 0 atom stereocenters. The van der Waals surface area contributed by atoms with Gasteiger partial charge in [0.15, 0.2) is 5.82 Å². The third-order valence-corrected chi connectivity index (χ3v) is 6.03. The summed E-state index contributed by atoms with van der Waals surface area (Å²) in [4.78, 5) is 17.1. The van der Waals surface area contributed by atoms with Gasteiger partial charge in [0.2, 0.25) is 5.91 Å². The molecule has 1 saturated heterocycles. The molecule has 0 radical (unpaired) electrons. The number of benzene rings is 1.